The summed E-state index contributed by atoms with van der Waals surface area (Å²) in [7, 11) is 0. The molecule has 34 heavy (non-hydrogen) atoms. The van der Waals surface area contributed by atoms with Gasteiger partial charge in [-0.1, -0.05) is 11.3 Å². The monoisotopic (exact) mass is 552 g/mol. The second kappa shape index (κ2) is 11.3. The molecular weight excluding hydrogens is 534 g/mol. The van der Waals surface area contributed by atoms with Gasteiger partial charge in [-0.2, -0.15) is 4.39 Å². The van der Waals surface area contributed by atoms with Crippen molar-refractivity contribution in [2.75, 3.05) is 0 Å². The van der Waals surface area contributed by atoms with Crippen LogP contribution in [-0.4, -0.2) is 34.4 Å². The standard InChI is InChI=1S/C16H17FN4OS.C5H2BrFN2O2/c1-3-21-9-13(19-20-21)6-11-8-18-23-16(11)14-5-4-12(17)7-15(14)10(2)22;6-3-1-4(7)5(8-2-3)9(10)11/h4-5,7-10,22H,3,6H2,1-2H3;1-2H/t10-;/m1./s1. The molecule has 13 heteroatoms. The van der Waals surface area contributed by atoms with Gasteiger partial charge in [0.1, 0.15) is 5.82 Å². The first-order valence-electron chi connectivity index (χ1n) is 9.95. The topological polar surface area (TPSA) is 120 Å². The molecule has 0 spiro atoms. The molecule has 178 valence electrons. The third-order valence-corrected chi connectivity index (χ3v) is 5.90. The average Bonchev–Trinajstić information content (AvgIpc) is 3.43. The number of aliphatic hydroxyl groups excluding tert-OH is 1. The van der Waals surface area contributed by atoms with E-state index in [1.54, 1.807) is 23.9 Å². The van der Waals surface area contributed by atoms with Gasteiger partial charge >= 0.3 is 5.82 Å². The number of aryl methyl sites for hydroxylation is 1. The Labute approximate surface area is 205 Å². The van der Waals surface area contributed by atoms with Crippen molar-refractivity contribution in [3.05, 3.63) is 85.9 Å². The van der Waals surface area contributed by atoms with Crippen molar-refractivity contribution in [1.29, 1.82) is 0 Å². The summed E-state index contributed by atoms with van der Waals surface area (Å²) in [6.45, 7) is 4.40. The fraction of sp³-hybridized carbons (Fsp3) is 0.238. The Morgan fingerprint density at radius 1 is 1.29 bits per heavy atom. The van der Waals surface area contributed by atoms with E-state index < -0.39 is 22.7 Å². The fourth-order valence-electron chi connectivity index (χ4n) is 3.00. The van der Waals surface area contributed by atoms with Crippen molar-refractivity contribution in [2.24, 2.45) is 0 Å². The zero-order valence-corrected chi connectivity index (χ0v) is 20.4. The molecule has 0 bridgehead atoms. The molecule has 9 nitrogen and oxygen atoms in total. The summed E-state index contributed by atoms with van der Waals surface area (Å²) in [6.07, 6.45) is 4.71. The summed E-state index contributed by atoms with van der Waals surface area (Å²) in [5, 5.41) is 28.1. The maximum atomic E-state index is 13.5. The van der Waals surface area contributed by atoms with Crippen LogP contribution in [0.15, 0.2) is 47.3 Å². The molecule has 0 saturated carbocycles. The van der Waals surface area contributed by atoms with Gasteiger partial charge in [0.15, 0.2) is 6.20 Å². The predicted octanol–water partition coefficient (Wildman–Crippen LogP) is 5.10. The maximum absolute atomic E-state index is 13.5. The summed E-state index contributed by atoms with van der Waals surface area (Å²) < 4.78 is 32.5. The van der Waals surface area contributed by atoms with Gasteiger partial charge in [-0.15, -0.1) is 5.10 Å². The molecule has 0 aliphatic heterocycles. The number of aliphatic hydroxyl groups is 1. The SMILES string of the molecule is CCn1cc(Cc2cnsc2-c2ccc(F)cc2[C@@H](C)O)nn1.O=[N+]([O-])c1ncc(Br)cc1F. The van der Waals surface area contributed by atoms with E-state index >= 15 is 0 Å². The van der Waals surface area contributed by atoms with Gasteiger partial charge in [-0.05, 0) is 80.0 Å². The van der Waals surface area contributed by atoms with Gasteiger partial charge in [0.05, 0.1) is 21.1 Å². The summed E-state index contributed by atoms with van der Waals surface area (Å²) >= 11 is 4.25. The van der Waals surface area contributed by atoms with Crippen LogP contribution in [0.2, 0.25) is 0 Å². The normalized spacial score (nSPS) is 11.6. The van der Waals surface area contributed by atoms with Crippen LogP contribution in [0.4, 0.5) is 14.6 Å². The molecule has 0 radical (unpaired) electrons. The van der Waals surface area contributed by atoms with Crippen LogP contribution in [-0.2, 0) is 13.0 Å². The van der Waals surface area contributed by atoms with E-state index in [2.05, 4.69) is 35.6 Å². The summed E-state index contributed by atoms with van der Waals surface area (Å²) in [6, 6.07) is 5.46. The fourth-order valence-corrected chi connectivity index (χ4v) is 4.12. The Balaban J connectivity index is 0.000000248. The molecule has 0 unspecified atom stereocenters. The maximum Gasteiger partial charge on any atom is 0.399 e. The molecule has 1 N–H and O–H groups in total. The van der Waals surface area contributed by atoms with Crippen LogP contribution in [0.25, 0.3) is 10.4 Å². The van der Waals surface area contributed by atoms with Crippen LogP contribution in [0, 0.1) is 21.7 Å². The number of benzene rings is 1. The summed E-state index contributed by atoms with van der Waals surface area (Å²) in [5.74, 6) is -2.06. The predicted molar refractivity (Wildman–Crippen MR) is 125 cm³/mol. The van der Waals surface area contributed by atoms with Crippen molar-refractivity contribution >= 4 is 33.3 Å². The second-order valence-corrected chi connectivity index (χ2v) is 8.76. The van der Waals surface area contributed by atoms with Crippen molar-refractivity contribution < 1.29 is 18.8 Å². The highest BCUT2D eigenvalue weighted by Crippen LogP contribution is 2.34. The largest absolute Gasteiger partial charge is 0.399 e. The van der Waals surface area contributed by atoms with Crippen LogP contribution in [0.1, 0.15) is 36.8 Å². The molecule has 0 aliphatic carbocycles. The molecule has 1 aromatic carbocycles. The zero-order valence-electron chi connectivity index (χ0n) is 18.0. The quantitative estimate of drug-likeness (QED) is 0.261. The van der Waals surface area contributed by atoms with Gasteiger partial charge in [-0.3, -0.25) is 4.68 Å². The molecule has 3 heterocycles. The van der Waals surface area contributed by atoms with E-state index in [1.807, 2.05) is 13.1 Å². The Kier molecular flexibility index (Phi) is 8.47. The first-order valence-corrected chi connectivity index (χ1v) is 11.5. The number of nitrogens with zero attached hydrogens (tertiary/aromatic N) is 6. The van der Waals surface area contributed by atoms with E-state index in [1.165, 1.54) is 29.9 Å². The minimum Gasteiger partial charge on any atom is -0.389 e. The van der Waals surface area contributed by atoms with Crippen LogP contribution in [0.3, 0.4) is 0 Å². The molecule has 3 aromatic heterocycles. The first kappa shape index (κ1) is 25.5. The molecule has 0 saturated heterocycles. The molecule has 0 fully saturated rings. The Hall–Kier alpha value is -3.16. The highest BCUT2D eigenvalue weighted by atomic mass is 79.9. The third-order valence-electron chi connectivity index (χ3n) is 4.60. The van der Waals surface area contributed by atoms with Gasteiger partial charge in [0.2, 0.25) is 5.82 Å². The second-order valence-electron chi connectivity index (χ2n) is 7.05. The van der Waals surface area contributed by atoms with Crippen molar-refractivity contribution in [3.8, 4) is 10.4 Å². The zero-order chi connectivity index (χ0) is 24.8. The first-order chi connectivity index (χ1) is 16.2. The van der Waals surface area contributed by atoms with E-state index in [9.17, 15) is 24.0 Å². The highest BCUT2D eigenvalue weighted by molar-refractivity contribution is 9.10. The Morgan fingerprint density at radius 2 is 2.06 bits per heavy atom. The number of hydrogen-bond donors (Lipinski definition) is 1. The lowest BCUT2D eigenvalue weighted by atomic mass is 9.98. The minimum atomic E-state index is -0.940. The van der Waals surface area contributed by atoms with Gasteiger partial charge in [0.25, 0.3) is 0 Å². The lowest BCUT2D eigenvalue weighted by Crippen LogP contribution is -1.97. The number of hydrogen-bond acceptors (Lipinski definition) is 8. The van der Waals surface area contributed by atoms with E-state index in [0.717, 1.165) is 34.3 Å². The number of halogens is 3. The van der Waals surface area contributed by atoms with Crippen LogP contribution < -0.4 is 0 Å². The Morgan fingerprint density at radius 3 is 2.68 bits per heavy atom. The van der Waals surface area contributed by atoms with Gasteiger partial charge in [-0.25, -0.2) is 8.76 Å². The van der Waals surface area contributed by atoms with Crippen LogP contribution in [0.5, 0.6) is 0 Å². The van der Waals surface area contributed by atoms with Crippen LogP contribution >= 0.6 is 27.5 Å². The Bertz CT molecular complexity index is 1300. The lowest BCUT2D eigenvalue weighted by Gasteiger charge is -2.12. The minimum absolute atomic E-state index is 0.360. The smallest absolute Gasteiger partial charge is 0.389 e. The molecule has 0 aliphatic rings. The highest BCUT2D eigenvalue weighted by Gasteiger charge is 2.17. The van der Waals surface area contributed by atoms with E-state index in [0.29, 0.717) is 16.5 Å². The van der Waals surface area contributed by atoms with E-state index in [-0.39, 0.29) is 5.82 Å². The van der Waals surface area contributed by atoms with Gasteiger partial charge < -0.3 is 15.2 Å². The molecular formula is C21H19BrF2N6O3S. The molecule has 4 rings (SSSR count). The lowest BCUT2D eigenvalue weighted by molar-refractivity contribution is -0.392. The molecule has 1 atom stereocenters. The third kappa shape index (κ3) is 6.24. The van der Waals surface area contributed by atoms with Crippen molar-refractivity contribution in [2.45, 2.75) is 32.9 Å². The number of pyridine rings is 1. The van der Waals surface area contributed by atoms with Gasteiger partial charge in [0, 0.05) is 31.4 Å². The van der Waals surface area contributed by atoms with Crippen molar-refractivity contribution in [3.63, 3.8) is 0 Å². The van der Waals surface area contributed by atoms with E-state index in [4.69, 9.17) is 0 Å². The summed E-state index contributed by atoms with van der Waals surface area (Å²) in [4.78, 5) is 13.3. The number of aromatic nitrogens is 5. The number of nitro groups is 1. The number of rotatable bonds is 6. The molecule has 4 aromatic rings. The summed E-state index contributed by atoms with van der Waals surface area (Å²) in [5.41, 5.74) is 3.22. The average molecular weight is 553 g/mol. The van der Waals surface area contributed by atoms with Crippen molar-refractivity contribution in [1.82, 2.24) is 24.4 Å². The molecule has 0 amide bonds.